The van der Waals surface area contributed by atoms with Gasteiger partial charge in [-0.25, -0.2) is 0 Å². The minimum atomic E-state index is -0.455. The zero-order chi connectivity index (χ0) is 20.4. The van der Waals surface area contributed by atoms with Crippen LogP contribution < -0.4 is 4.90 Å². The van der Waals surface area contributed by atoms with Crippen LogP contribution in [0.25, 0.3) is 0 Å². The Bertz CT molecular complexity index is 933. The molecule has 1 aliphatic rings. The molecule has 1 saturated heterocycles. The number of carbonyl (C=O) groups excluding carboxylic acids is 2. The minimum absolute atomic E-state index is 0.0126. The van der Waals surface area contributed by atoms with E-state index in [1.807, 2.05) is 31.2 Å². The smallest absolute Gasteiger partial charge is 0.269 e. The van der Waals surface area contributed by atoms with Crippen LogP contribution in [0.5, 0.6) is 0 Å². The molecule has 0 spiro atoms. The van der Waals surface area contributed by atoms with Gasteiger partial charge in [0.1, 0.15) is 0 Å². The average molecular weight is 446 g/mol. The Kier molecular flexibility index (Phi) is 5.79. The maximum atomic E-state index is 13.0. The second-order valence-corrected chi connectivity index (χ2v) is 7.69. The zero-order valence-corrected chi connectivity index (χ0v) is 17.1. The van der Waals surface area contributed by atoms with Crippen LogP contribution in [0, 0.1) is 16.0 Å². The highest BCUT2D eigenvalue weighted by Crippen LogP contribution is 2.33. The van der Waals surface area contributed by atoms with Crippen LogP contribution in [-0.2, 0) is 9.59 Å². The third-order valence-corrected chi connectivity index (χ3v) is 5.78. The molecule has 0 aromatic heterocycles. The van der Waals surface area contributed by atoms with Gasteiger partial charge in [0, 0.05) is 36.6 Å². The number of halogens is 1. The molecule has 1 aliphatic heterocycles. The highest BCUT2D eigenvalue weighted by Gasteiger charge is 2.38. The Morgan fingerprint density at radius 2 is 2.00 bits per heavy atom. The number of carbonyl (C=O) groups is 2. The van der Waals surface area contributed by atoms with Crippen LogP contribution in [0.4, 0.5) is 11.4 Å². The van der Waals surface area contributed by atoms with Crippen molar-refractivity contribution in [2.75, 3.05) is 18.5 Å². The van der Waals surface area contributed by atoms with Crippen LogP contribution >= 0.6 is 15.9 Å². The summed E-state index contributed by atoms with van der Waals surface area (Å²) in [4.78, 5) is 39.2. The van der Waals surface area contributed by atoms with E-state index in [-0.39, 0.29) is 30.0 Å². The van der Waals surface area contributed by atoms with Crippen molar-refractivity contribution in [2.45, 2.75) is 19.4 Å². The molecule has 8 heteroatoms. The van der Waals surface area contributed by atoms with Gasteiger partial charge in [-0.1, -0.05) is 24.3 Å². The molecule has 7 nitrogen and oxygen atoms in total. The molecular formula is C20H20BrN3O4. The topological polar surface area (TPSA) is 83.8 Å². The summed E-state index contributed by atoms with van der Waals surface area (Å²) in [5, 5.41) is 11.0. The van der Waals surface area contributed by atoms with E-state index in [0.29, 0.717) is 12.1 Å². The molecule has 0 N–H and O–H groups in total. The maximum absolute atomic E-state index is 13.0. The summed E-state index contributed by atoms with van der Waals surface area (Å²) in [6.45, 7) is 2.13. The van der Waals surface area contributed by atoms with Gasteiger partial charge in [-0.2, -0.15) is 0 Å². The van der Waals surface area contributed by atoms with Crippen molar-refractivity contribution in [3.05, 3.63) is 68.7 Å². The number of nitrogens with zero attached hydrogens (tertiary/aromatic N) is 3. The van der Waals surface area contributed by atoms with Crippen molar-refractivity contribution in [2.24, 2.45) is 5.92 Å². The molecule has 1 fully saturated rings. The van der Waals surface area contributed by atoms with Gasteiger partial charge in [0.05, 0.1) is 22.6 Å². The summed E-state index contributed by atoms with van der Waals surface area (Å²) in [5.74, 6) is -0.700. The lowest BCUT2D eigenvalue weighted by molar-refractivity contribution is -0.384. The van der Waals surface area contributed by atoms with Crippen LogP contribution in [0.3, 0.4) is 0 Å². The zero-order valence-electron chi connectivity index (χ0n) is 15.5. The molecule has 3 rings (SSSR count). The number of benzene rings is 2. The van der Waals surface area contributed by atoms with Crippen LogP contribution in [-0.4, -0.2) is 35.2 Å². The summed E-state index contributed by atoms with van der Waals surface area (Å²) >= 11 is 3.45. The number of hydrogen-bond acceptors (Lipinski definition) is 4. The van der Waals surface area contributed by atoms with E-state index < -0.39 is 10.8 Å². The third-order valence-electron chi connectivity index (χ3n) is 5.11. The molecule has 1 heterocycles. The Hall–Kier alpha value is -2.74. The first-order valence-corrected chi connectivity index (χ1v) is 9.64. The van der Waals surface area contributed by atoms with E-state index in [0.717, 1.165) is 10.2 Å². The summed E-state index contributed by atoms with van der Waals surface area (Å²) in [7, 11) is 1.66. The van der Waals surface area contributed by atoms with Crippen LogP contribution in [0.2, 0.25) is 0 Å². The second-order valence-electron chi connectivity index (χ2n) is 6.83. The summed E-state index contributed by atoms with van der Waals surface area (Å²) in [6, 6.07) is 13.3. The lowest BCUT2D eigenvalue weighted by Gasteiger charge is -2.28. The predicted octanol–water partition coefficient (Wildman–Crippen LogP) is 3.93. The molecule has 0 saturated carbocycles. The third kappa shape index (κ3) is 3.91. The van der Waals surface area contributed by atoms with Gasteiger partial charge in [-0.15, -0.1) is 0 Å². The number of amides is 2. The standard InChI is InChI=1S/C20H20BrN3O4/c1-13(14-6-5-7-16(10-14)24(27)28)22(2)20(26)15-11-19(25)23(12-15)18-9-4-3-8-17(18)21/h3-10,13,15H,11-12H2,1-2H3/t13-,15+/m0/s1. The Morgan fingerprint density at radius 1 is 1.29 bits per heavy atom. The molecule has 146 valence electrons. The molecular weight excluding hydrogens is 426 g/mol. The van der Waals surface area contributed by atoms with Gasteiger partial charge >= 0.3 is 0 Å². The van der Waals surface area contributed by atoms with Gasteiger partial charge in [0.15, 0.2) is 0 Å². The number of nitro benzene ring substituents is 1. The maximum Gasteiger partial charge on any atom is 0.269 e. The van der Waals surface area contributed by atoms with E-state index in [2.05, 4.69) is 15.9 Å². The highest BCUT2D eigenvalue weighted by molar-refractivity contribution is 9.10. The number of hydrogen-bond donors (Lipinski definition) is 0. The second kappa shape index (κ2) is 8.10. The minimum Gasteiger partial charge on any atom is -0.339 e. The Balaban J connectivity index is 1.75. The molecule has 2 atom stereocenters. The van der Waals surface area contributed by atoms with Crippen LogP contribution in [0.1, 0.15) is 24.9 Å². The monoisotopic (exact) mass is 445 g/mol. The normalized spacial score (nSPS) is 17.5. The van der Waals surface area contributed by atoms with Gasteiger partial charge in [-0.3, -0.25) is 19.7 Å². The van der Waals surface area contributed by atoms with Gasteiger partial charge in [0.25, 0.3) is 5.69 Å². The summed E-state index contributed by atoms with van der Waals surface area (Å²) < 4.78 is 0.801. The van der Waals surface area contributed by atoms with E-state index in [1.54, 1.807) is 29.0 Å². The molecule has 2 amide bonds. The number of nitro groups is 1. The lowest BCUT2D eigenvalue weighted by Crippen LogP contribution is -2.36. The van der Waals surface area contributed by atoms with Gasteiger partial charge in [0.2, 0.25) is 11.8 Å². The number of anilines is 1. The first-order chi connectivity index (χ1) is 13.3. The quantitative estimate of drug-likeness (QED) is 0.515. The fraction of sp³-hybridized carbons (Fsp3) is 0.300. The lowest BCUT2D eigenvalue weighted by atomic mass is 10.0. The first kappa shape index (κ1) is 20.0. The van der Waals surface area contributed by atoms with Crippen molar-refractivity contribution in [3.63, 3.8) is 0 Å². The number of non-ortho nitro benzene ring substituents is 1. The molecule has 2 aromatic carbocycles. The van der Waals surface area contributed by atoms with Crippen molar-refractivity contribution in [1.29, 1.82) is 0 Å². The van der Waals surface area contributed by atoms with E-state index >= 15 is 0 Å². The van der Waals surface area contributed by atoms with E-state index in [9.17, 15) is 19.7 Å². The predicted molar refractivity (Wildman–Crippen MR) is 109 cm³/mol. The van der Waals surface area contributed by atoms with Gasteiger partial charge < -0.3 is 9.80 Å². The molecule has 0 radical (unpaired) electrons. The fourth-order valence-electron chi connectivity index (χ4n) is 3.38. The number of rotatable bonds is 5. The summed E-state index contributed by atoms with van der Waals surface area (Å²) in [5.41, 5.74) is 1.41. The fourth-order valence-corrected chi connectivity index (χ4v) is 3.88. The van der Waals surface area contributed by atoms with E-state index in [1.165, 1.54) is 12.1 Å². The molecule has 28 heavy (non-hydrogen) atoms. The highest BCUT2D eigenvalue weighted by atomic mass is 79.9. The van der Waals surface area contributed by atoms with Crippen LogP contribution in [0.15, 0.2) is 53.0 Å². The largest absolute Gasteiger partial charge is 0.339 e. The molecule has 0 bridgehead atoms. The van der Waals surface area contributed by atoms with E-state index in [4.69, 9.17) is 0 Å². The number of para-hydroxylation sites is 1. The van der Waals surface area contributed by atoms with Crippen molar-refractivity contribution >= 4 is 39.1 Å². The van der Waals surface area contributed by atoms with Crippen molar-refractivity contribution in [3.8, 4) is 0 Å². The van der Waals surface area contributed by atoms with Crippen molar-refractivity contribution < 1.29 is 14.5 Å². The summed E-state index contributed by atoms with van der Waals surface area (Å²) in [6.07, 6.45) is 0.145. The van der Waals surface area contributed by atoms with Gasteiger partial charge in [-0.05, 0) is 40.5 Å². The Labute approximate surface area is 171 Å². The molecule has 0 unspecified atom stereocenters. The van der Waals surface area contributed by atoms with Crippen molar-refractivity contribution in [1.82, 2.24) is 4.90 Å². The molecule has 2 aromatic rings. The molecule has 0 aliphatic carbocycles. The first-order valence-electron chi connectivity index (χ1n) is 8.85. The average Bonchev–Trinajstić information content (AvgIpc) is 3.08. The Morgan fingerprint density at radius 3 is 2.68 bits per heavy atom. The SMILES string of the molecule is C[C@@H](c1cccc([N+](=O)[O-])c1)N(C)C(=O)[C@@H]1CC(=O)N(c2ccccc2Br)C1.